The van der Waals surface area contributed by atoms with Crippen LogP contribution in [0.1, 0.15) is 24.9 Å². The Morgan fingerprint density at radius 2 is 2.00 bits per heavy atom. The molecule has 0 saturated heterocycles. The molecule has 1 unspecified atom stereocenters. The summed E-state index contributed by atoms with van der Waals surface area (Å²) in [6.07, 6.45) is 4.92. The smallest absolute Gasteiger partial charge is 0.191 e. The molecule has 6 nitrogen and oxygen atoms in total. The number of thioether (sulfide) groups is 1. The lowest BCUT2D eigenvalue weighted by Gasteiger charge is -2.22. The summed E-state index contributed by atoms with van der Waals surface area (Å²) in [5.74, 6) is 1.60. The first-order valence-corrected chi connectivity index (χ1v) is 10.5. The number of benzene rings is 1. The number of aryl methyl sites for hydroxylation is 1. The number of rotatable bonds is 10. The second-order valence-corrected chi connectivity index (χ2v) is 7.90. The van der Waals surface area contributed by atoms with Gasteiger partial charge in [0.25, 0.3) is 0 Å². The van der Waals surface area contributed by atoms with Crippen LogP contribution in [0.4, 0.5) is 4.39 Å². The van der Waals surface area contributed by atoms with Gasteiger partial charge in [-0.05, 0) is 57.5 Å². The van der Waals surface area contributed by atoms with Gasteiger partial charge in [0.1, 0.15) is 5.82 Å². The van der Waals surface area contributed by atoms with E-state index in [0.717, 1.165) is 41.7 Å². The van der Waals surface area contributed by atoms with Crippen LogP contribution >= 0.6 is 35.7 Å². The van der Waals surface area contributed by atoms with E-state index in [-0.39, 0.29) is 35.8 Å². The number of aliphatic imine (C=N–C) groups is 1. The van der Waals surface area contributed by atoms with Crippen molar-refractivity contribution in [2.45, 2.75) is 24.3 Å². The fourth-order valence-corrected chi connectivity index (χ4v) is 3.55. The summed E-state index contributed by atoms with van der Waals surface area (Å²) in [6.45, 7) is 4.36. The molecule has 0 spiro atoms. The molecule has 0 radical (unpaired) electrons. The molecule has 1 aromatic heterocycles. The maximum absolute atomic E-state index is 12.9. The van der Waals surface area contributed by atoms with Crippen molar-refractivity contribution >= 4 is 41.7 Å². The molecule has 0 saturated carbocycles. The molecule has 162 valence electrons. The summed E-state index contributed by atoms with van der Waals surface area (Å²) in [5, 5.41) is 11.0. The second-order valence-electron chi connectivity index (χ2n) is 6.73. The molecule has 2 aromatic rings. The van der Waals surface area contributed by atoms with E-state index in [1.54, 1.807) is 11.8 Å². The summed E-state index contributed by atoms with van der Waals surface area (Å²) in [4.78, 5) is 8.00. The third-order valence-electron chi connectivity index (χ3n) is 4.20. The lowest BCUT2D eigenvalue weighted by Crippen LogP contribution is -2.38. The number of hydrogen-bond acceptors (Lipinski definition) is 4. The standard InChI is InChI=1S/C20H31FN6S.HI/c1-5-22-20(23-11-6-12-28-18-9-7-17(21)8-10-18)24-14-19(26(2)3)16-13-25-27(4)15-16;/h7-10,13,15,19H,5-6,11-12,14H2,1-4H3,(H2,22,23,24);1H. The first-order chi connectivity index (χ1) is 13.5. The van der Waals surface area contributed by atoms with Crippen LogP contribution in [-0.4, -0.2) is 60.1 Å². The highest BCUT2D eigenvalue weighted by molar-refractivity contribution is 14.0. The highest BCUT2D eigenvalue weighted by Gasteiger charge is 2.15. The fraction of sp³-hybridized carbons (Fsp3) is 0.500. The van der Waals surface area contributed by atoms with Crippen LogP contribution in [-0.2, 0) is 7.05 Å². The van der Waals surface area contributed by atoms with E-state index < -0.39 is 0 Å². The molecular formula is C20H32FIN6S. The molecule has 2 N–H and O–H groups in total. The van der Waals surface area contributed by atoms with Crippen LogP contribution in [0.25, 0.3) is 0 Å². The van der Waals surface area contributed by atoms with Crippen molar-refractivity contribution in [3.63, 3.8) is 0 Å². The van der Waals surface area contributed by atoms with Crippen molar-refractivity contribution in [1.29, 1.82) is 0 Å². The molecule has 2 rings (SSSR count). The van der Waals surface area contributed by atoms with E-state index >= 15 is 0 Å². The van der Waals surface area contributed by atoms with Gasteiger partial charge in [-0.3, -0.25) is 9.67 Å². The van der Waals surface area contributed by atoms with Gasteiger partial charge in [-0.25, -0.2) is 4.39 Å². The zero-order valence-corrected chi connectivity index (χ0v) is 20.7. The fourth-order valence-electron chi connectivity index (χ4n) is 2.70. The minimum atomic E-state index is -0.195. The van der Waals surface area contributed by atoms with E-state index in [9.17, 15) is 4.39 Å². The third-order valence-corrected chi connectivity index (χ3v) is 5.29. The van der Waals surface area contributed by atoms with E-state index in [1.807, 2.05) is 36.3 Å². The summed E-state index contributed by atoms with van der Waals surface area (Å²) in [6, 6.07) is 6.82. The van der Waals surface area contributed by atoms with Gasteiger partial charge in [0, 0.05) is 36.8 Å². The van der Waals surface area contributed by atoms with E-state index in [4.69, 9.17) is 4.99 Å². The minimum Gasteiger partial charge on any atom is -0.357 e. The van der Waals surface area contributed by atoms with Gasteiger partial charge < -0.3 is 15.5 Å². The molecule has 29 heavy (non-hydrogen) atoms. The number of hydrogen-bond donors (Lipinski definition) is 2. The number of nitrogens with one attached hydrogen (secondary N) is 2. The highest BCUT2D eigenvalue weighted by Crippen LogP contribution is 2.19. The Morgan fingerprint density at radius 1 is 1.28 bits per heavy atom. The SMILES string of the molecule is CCNC(=NCC(c1cnn(C)c1)N(C)C)NCCCSc1ccc(F)cc1.I. The molecule has 1 aromatic carbocycles. The van der Waals surface area contributed by atoms with Crippen LogP contribution in [0.3, 0.4) is 0 Å². The van der Waals surface area contributed by atoms with Crippen LogP contribution in [0.2, 0.25) is 0 Å². The van der Waals surface area contributed by atoms with Gasteiger partial charge in [0.2, 0.25) is 0 Å². The molecule has 0 bridgehead atoms. The predicted octanol–water partition coefficient (Wildman–Crippen LogP) is 3.52. The molecule has 0 aliphatic carbocycles. The Labute approximate surface area is 194 Å². The Bertz CT molecular complexity index is 735. The maximum atomic E-state index is 12.9. The van der Waals surface area contributed by atoms with Crippen molar-refractivity contribution in [3.05, 3.63) is 48.0 Å². The third kappa shape index (κ3) is 9.35. The van der Waals surface area contributed by atoms with Crippen molar-refractivity contribution in [1.82, 2.24) is 25.3 Å². The number of nitrogens with zero attached hydrogens (tertiary/aromatic N) is 4. The normalized spacial score (nSPS) is 12.6. The van der Waals surface area contributed by atoms with Gasteiger partial charge in [0.15, 0.2) is 5.96 Å². The molecule has 1 heterocycles. The van der Waals surface area contributed by atoms with Gasteiger partial charge >= 0.3 is 0 Å². The van der Waals surface area contributed by atoms with Crippen molar-refractivity contribution < 1.29 is 4.39 Å². The Kier molecular flexibility index (Phi) is 12.2. The Morgan fingerprint density at radius 3 is 2.59 bits per heavy atom. The highest BCUT2D eigenvalue weighted by atomic mass is 127. The molecule has 0 fully saturated rings. The molecule has 9 heteroatoms. The summed E-state index contributed by atoms with van der Waals surface area (Å²) in [7, 11) is 6.04. The van der Waals surface area contributed by atoms with Crippen LogP contribution in [0.5, 0.6) is 0 Å². The molecular weight excluding hydrogens is 502 g/mol. The summed E-state index contributed by atoms with van der Waals surface area (Å²) in [5.41, 5.74) is 1.16. The lowest BCUT2D eigenvalue weighted by molar-refractivity contribution is 0.306. The van der Waals surface area contributed by atoms with Crippen LogP contribution in [0, 0.1) is 5.82 Å². The van der Waals surface area contributed by atoms with Crippen LogP contribution < -0.4 is 10.6 Å². The first kappa shape index (κ1) is 25.7. The summed E-state index contributed by atoms with van der Waals surface area (Å²) < 4.78 is 14.7. The zero-order chi connectivity index (χ0) is 20.4. The summed E-state index contributed by atoms with van der Waals surface area (Å²) >= 11 is 1.73. The van der Waals surface area contributed by atoms with Gasteiger partial charge in [-0.2, -0.15) is 5.10 Å². The van der Waals surface area contributed by atoms with E-state index in [0.29, 0.717) is 6.54 Å². The van der Waals surface area contributed by atoms with Gasteiger partial charge in [-0.1, -0.05) is 0 Å². The lowest BCUT2D eigenvalue weighted by atomic mass is 10.1. The van der Waals surface area contributed by atoms with Gasteiger partial charge in [-0.15, -0.1) is 35.7 Å². The van der Waals surface area contributed by atoms with E-state index in [2.05, 4.69) is 41.7 Å². The quantitative estimate of drug-likeness (QED) is 0.161. The number of guanidine groups is 1. The Hall–Kier alpha value is -1.33. The average molecular weight is 534 g/mol. The predicted molar refractivity (Wildman–Crippen MR) is 131 cm³/mol. The molecule has 0 aliphatic heterocycles. The van der Waals surface area contributed by atoms with Crippen molar-refractivity contribution in [3.8, 4) is 0 Å². The van der Waals surface area contributed by atoms with Crippen molar-refractivity contribution in [2.75, 3.05) is 39.5 Å². The van der Waals surface area contributed by atoms with E-state index in [1.165, 1.54) is 12.1 Å². The Balaban J connectivity index is 0.00000420. The monoisotopic (exact) mass is 534 g/mol. The largest absolute Gasteiger partial charge is 0.357 e. The molecule has 1 atom stereocenters. The van der Waals surface area contributed by atoms with Crippen LogP contribution in [0.15, 0.2) is 46.5 Å². The number of halogens is 2. The maximum Gasteiger partial charge on any atom is 0.191 e. The molecule has 0 aliphatic rings. The minimum absolute atomic E-state index is 0. The molecule has 0 amide bonds. The van der Waals surface area contributed by atoms with Gasteiger partial charge in [0.05, 0.1) is 18.8 Å². The number of likely N-dealkylation sites (N-methyl/N-ethyl adjacent to an activating group) is 1. The second kappa shape index (κ2) is 13.8. The number of aromatic nitrogens is 2. The van der Waals surface area contributed by atoms with Crippen molar-refractivity contribution in [2.24, 2.45) is 12.0 Å². The first-order valence-electron chi connectivity index (χ1n) is 9.55. The average Bonchev–Trinajstić information content (AvgIpc) is 3.08. The topological polar surface area (TPSA) is 57.5 Å². The zero-order valence-electron chi connectivity index (χ0n) is 17.6.